The zero-order chi connectivity index (χ0) is 21.9. The Morgan fingerprint density at radius 3 is 2.34 bits per heavy atom. The average Bonchev–Trinajstić information content (AvgIpc) is 2.92. The summed E-state index contributed by atoms with van der Waals surface area (Å²) in [5, 5.41) is 1.15. The van der Waals surface area contributed by atoms with Gasteiger partial charge in [0.25, 0.3) is 0 Å². The quantitative estimate of drug-likeness (QED) is 0.216. The van der Waals surface area contributed by atoms with Gasteiger partial charge in [-0.2, -0.15) is 0 Å². The van der Waals surface area contributed by atoms with E-state index in [1.54, 1.807) is 11.8 Å². The molecule has 29 heavy (non-hydrogen) atoms. The average molecular weight is 514 g/mol. The molecule has 0 N–H and O–H groups in total. The molecule has 2 heterocycles. The van der Waals surface area contributed by atoms with E-state index in [0.717, 1.165) is 23.9 Å². The Morgan fingerprint density at radius 1 is 1.10 bits per heavy atom. The van der Waals surface area contributed by atoms with Crippen LogP contribution in [0.1, 0.15) is 54.4 Å². The molecule has 0 radical (unpaired) electrons. The standard InChI is InChI=1S/C21H41BrO5SSi/c1-9-28-19-18(23-13-11-10-12-22)17-16(26-21(5,6)27-17)15(25-19)14-24-29(7,8)20(2,3)4/h15-19H,9-14H2,1-8H3/t15-,16+,17+,18-,19+/m1/s1. The van der Waals surface area contributed by atoms with Crippen LogP contribution in [0.15, 0.2) is 0 Å². The number of fused-ring (bicyclic) bond motifs is 1. The molecule has 0 unspecified atom stereocenters. The molecule has 0 spiro atoms. The Morgan fingerprint density at radius 2 is 1.76 bits per heavy atom. The second-order valence-electron chi connectivity index (χ2n) is 9.87. The van der Waals surface area contributed by atoms with Crippen LogP contribution < -0.4 is 0 Å². The Labute approximate surface area is 191 Å². The van der Waals surface area contributed by atoms with Gasteiger partial charge in [0.15, 0.2) is 14.1 Å². The normalized spacial score (nSPS) is 32.4. The highest BCUT2D eigenvalue weighted by Crippen LogP contribution is 2.42. The highest BCUT2D eigenvalue weighted by atomic mass is 79.9. The largest absolute Gasteiger partial charge is 0.414 e. The van der Waals surface area contributed by atoms with Gasteiger partial charge in [-0.15, -0.1) is 11.8 Å². The fraction of sp³-hybridized carbons (Fsp3) is 1.00. The topological polar surface area (TPSA) is 46.2 Å². The molecule has 5 atom stereocenters. The van der Waals surface area contributed by atoms with Crippen molar-refractivity contribution in [2.45, 2.75) is 108 Å². The molecule has 2 saturated heterocycles. The predicted octanol–water partition coefficient (Wildman–Crippen LogP) is 5.57. The van der Waals surface area contributed by atoms with E-state index in [1.165, 1.54) is 0 Å². The van der Waals surface area contributed by atoms with Gasteiger partial charge in [-0.1, -0.05) is 43.6 Å². The molecule has 0 aliphatic carbocycles. The summed E-state index contributed by atoms with van der Waals surface area (Å²) in [5.74, 6) is 0.320. The number of thioether (sulfide) groups is 1. The maximum atomic E-state index is 6.53. The monoisotopic (exact) mass is 512 g/mol. The molecule has 0 saturated carbocycles. The van der Waals surface area contributed by atoms with Crippen molar-refractivity contribution in [1.29, 1.82) is 0 Å². The van der Waals surface area contributed by atoms with Crippen LogP contribution in [0, 0.1) is 0 Å². The molecule has 2 rings (SSSR count). The van der Waals surface area contributed by atoms with Crippen LogP contribution in [0.5, 0.6) is 0 Å². The van der Waals surface area contributed by atoms with Crippen molar-refractivity contribution in [3.8, 4) is 0 Å². The fourth-order valence-corrected chi connectivity index (χ4v) is 5.75. The number of halogens is 1. The SMILES string of the molecule is CCS[C@@H]1O[C@H](CO[Si](C)(C)C(C)(C)C)[C@@H]2OC(C)(C)O[C@@H]2[C@H]1OCCCCBr. The third kappa shape index (κ3) is 6.91. The summed E-state index contributed by atoms with van der Waals surface area (Å²) in [4.78, 5) is 0. The lowest BCUT2D eigenvalue weighted by Gasteiger charge is -2.44. The highest BCUT2D eigenvalue weighted by molar-refractivity contribution is 9.09. The minimum atomic E-state index is -1.88. The maximum Gasteiger partial charge on any atom is 0.192 e. The van der Waals surface area contributed by atoms with Crippen molar-refractivity contribution in [2.75, 3.05) is 24.3 Å². The van der Waals surface area contributed by atoms with Crippen molar-refractivity contribution in [1.82, 2.24) is 0 Å². The Balaban J connectivity index is 2.14. The van der Waals surface area contributed by atoms with Crippen molar-refractivity contribution >= 4 is 36.0 Å². The summed E-state index contributed by atoms with van der Waals surface area (Å²) in [6.07, 6.45) is 1.52. The Bertz CT molecular complexity index is 514. The first-order valence-corrected chi connectivity index (χ1v) is 15.9. The summed E-state index contributed by atoms with van der Waals surface area (Å²) in [6.45, 7) is 18.7. The molecule has 2 aliphatic rings. The van der Waals surface area contributed by atoms with E-state index in [4.69, 9.17) is 23.4 Å². The van der Waals surface area contributed by atoms with Crippen molar-refractivity contribution in [3.63, 3.8) is 0 Å². The fourth-order valence-electron chi connectivity index (χ4n) is 3.37. The van der Waals surface area contributed by atoms with Gasteiger partial charge >= 0.3 is 0 Å². The molecule has 0 amide bonds. The Kier molecular flexibility index (Phi) is 9.58. The van der Waals surface area contributed by atoms with Crippen molar-refractivity contribution < 1.29 is 23.4 Å². The molecule has 0 bridgehead atoms. The number of alkyl halides is 1. The lowest BCUT2D eigenvalue weighted by molar-refractivity contribution is -0.182. The lowest BCUT2D eigenvalue weighted by atomic mass is 10.0. The number of unbranched alkanes of at least 4 members (excludes halogenated alkanes) is 1. The second-order valence-corrected chi connectivity index (χ2v) is 16.8. The van der Waals surface area contributed by atoms with Gasteiger partial charge < -0.3 is 23.4 Å². The molecule has 8 heteroatoms. The summed E-state index contributed by atoms with van der Waals surface area (Å²) in [6, 6.07) is 0. The van der Waals surface area contributed by atoms with E-state index >= 15 is 0 Å². The van der Waals surface area contributed by atoms with E-state index in [9.17, 15) is 0 Å². The smallest absolute Gasteiger partial charge is 0.192 e. The van der Waals surface area contributed by atoms with Crippen LogP contribution in [-0.4, -0.2) is 68.3 Å². The van der Waals surface area contributed by atoms with Crippen LogP contribution in [0.2, 0.25) is 18.1 Å². The van der Waals surface area contributed by atoms with E-state index in [-0.39, 0.29) is 34.9 Å². The summed E-state index contributed by atoms with van der Waals surface area (Å²) in [5.41, 5.74) is -0.0734. The van der Waals surface area contributed by atoms with E-state index < -0.39 is 14.1 Å². The van der Waals surface area contributed by atoms with Gasteiger partial charge in [-0.25, -0.2) is 0 Å². The van der Waals surface area contributed by atoms with E-state index in [0.29, 0.717) is 13.2 Å². The summed E-state index contributed by atoms with van der Waals surface area (Å²) < 4.78 is 32.0. The number of rotatable bonds is 10. The lowest BCUT2D eigenvalue weighted by Crippen LogP contribution is -2.58. The molecule has 5 nitrogen and oxygen atoms in total. The number of hydrogen-bond acceptors (Lipinski definition) is 6. The number of ether oxygens (including phenoxy) is 4. The third-order valence-electron chi connectivity index (χ3n) is 6.01. The van der Waals surface area contributed by atoms with Crippen LogP contribution in [0.25, 0.3) is 0 Å². The van der Waals surface area contributed by atoms with Gasteiger partial charge in [-0.05, 0) is 50.6 Å². The van der Waals surface area contributed by atoms with Gasteiger partial charge in [0.05, 0.1) is 6.61 Å². The predicted molar refractivity (Wildman–Crippen MR) is 127 cm³/mol. The minimum absolute atomic E-state index is 0.0734. The van der Waals surface area contributed by atoms with Gasteiger partial charge in [-0.3, -0.25) is 0 Å². The van der Waals surface area contributed by atoms with Gasteiger partial charge in [0, 0.05) is 11.9 Å². The minimum Gasteiger partial charge on any atom is -0.414 e. The maximum absolute atomic E-state index is 6.53. The zero-order valence-electron chi connectivity index (χ0n) is 19.5. The number of hydrogen-bond donors (Lipinski definition) is 0. The summed E-state index contributed by atoms with van der Waals surface area (Å²) >= 11 is 5.27. The van der Waals surface area contributed by atoms with E-state index in [1.807, 2.05) is 13.8 Å². The van der Waals surface area contributed by atoms with Crippen LogP contribution in [-0.2, 0) is 23.4 Å². The zero-order valence-corrected chi connectivity index (χ0v) is 22.9. The molecular weight excluding hydrogens is 472 g/mol. The van der Waals surface area contributed by atoms with Crippen LogP contribution in [0.4, 0.5) is 0 Å². The first kappa shape index (κ1) is 26.1. The van der Waals surface area contributed by atoms with Crippen molar-refractivity contribution in [2.24, 2.45) is 0 Å². The first-order chi connectivity index (χ1) is 13.4. The molecule has 2 aliphatic heterocycles. The summed E-state index contributed by atoms with van der Waals surface area (Å²) in [7, 11) is -1.88. The molecule has 0 aromatic rings. The molecule has 2 fully saturated rings. The molecular formula is C21H41BrO5SSi. The van der Waals surface area contributed by atoms with Gasteiger partial charge in [0.2, 0.25) is 0 Å². The third-order valence-corrected chi connectivity index (χ3v) is 12.1. The molecule has 0 aromatic carbocycles. The second kappa shape index (κ2) is 10.6. The Hall–Kier alpha value is 0.847. The first-order valence-electron chi connectivity index (χ1n) is 10.9. The van der Waals surface area contributed by atoms with E-state index in [2.05, 4.69) is 56.7 Å². The van der Waals surface area contributed by atoms with Crippen LogP contribution in [0.3, 0.4) is 0 Å². The van der Waals surface area contributed by atoms with Gasteiger partial charge in [0.1, 0.15) is 29.9 Å². The van der Waals surface area contributed by atoms with Crippen LogP contribution >= 0.6 is 27.7 Å². The highest BCUT2D eigenvalue weighted by Gasteiger charge is 2.56. The molecule has 0 aromatic heterocycles. The van der Waals surface area contributed by atoms with Crippen molar-refractivity contribution in [3.05, 3.63) is 0 Å². The molecule has 172 valence electrons.